The molecule has 0 aromatic carbocycles. The molecule has 0 atom stereocenters. The molecule has 0 radical (unpaired) electrons. The summed E-state index contributed by atoms with van der Waals surface area (Å²) < 4.78 is 0. The molecule has 0 amide bonds. The predicted molar refractivity (Wildman–Crippen MR) is 121 cm³/mol. The molecule has 2 heteroatoms. The topological polar surface area (TPSA) is 20.2 Å². The molecule has 0 fully saturated rings. The van der Waals surface area contributed by atoms with E-state index >= 15 is 0 Å². The molecule has 148 valence electrons. The summed E-state index contributed by atoms with van der Waals surface area (Å²) in [5.74, 6) is 0.728. The fraction of sp³-hybridized carbons (Fsp3) is 0.500. The number of aliphatic hydroxyl groups is 1. The van der Waals surface area contributed by atoms with Gasteiger partial charge in [-0.05, 0) is 51.4 Å². The van der Waals surface area contributed by atoms with Crippen LogP contribution >= 0.6 is 11.6 Å². The Morgan fingerprint density at radius 3 is 1.35 bits per heavy atom. The SMILES string of the molecule is CC/C=C/C=C\CC/C=C\CCCl.CC/C=C/C=C\CC/C=C\CCO. The molecular formula is C24H39ClO. The lowest BCUT2D eigenvalue weighted by molar-refractivity contribution is 0.302. The summed E-state index contributed by atoms with van der Waals surface area (Å²) in [7, 11) is 0. The smallest absolute Gasteiger partial charge is 0.0465 e. The average Bonchev–Trinajstić information content (AvgIpc) is 2.66. The third-order valence-corrected chi connectivity index (χ3v) is 3.36. The van der Waals surface area contributed by atoms with Crippen molar-refractivity contribution in [2.45, 2.75) is 65.2 Å². The van der Waals surface area contributed by atoms with Crippen LogP contribution in [0.2, 0.25) is 0 Å². The number of halogens is 1. The summed E-state index contributed by atoms with van der Waals surface area (Å²) in [6, 6.07) is 0. The maximum absolute atomic E-state index is 8.49. The van der Waals surface area contributed by atoms with Crippen molar-refractivity contribution in [1.29, 1.82) is 0 Å². The third-order valence-electron chi connectivity index (χ3n) is 3.14. The van der Waals surface area contributed by atoms with E-state index in [-0.39, 0.29) is 6.61 Å². The highest BCUT2D eigenvalue weighted by Gasteiger charge is 1.77. The second-order valence-electron chi connectivity index (χ2n) is 5.62. The molecule has 0 aromatic rings. The zero-order valence-corrected chi connectivity index (χ0v) is 17.6. The van der Waals surface area contributed by atoms with Crippen molar-refractivity contribution in [3.8, 4) is 0 Å². The first-order chi connectivity index (χ1) is 12.8. The normalized spacial score (nSPS) is 12.5. The Hall–Kier alpha value is -1.31. The van der Waals surface area contributed by atoms with Gasteiger partial charge in [-0.2, -0.15) is 0 Å². The summed E-state index contributed by atoms with van der Waals surface area (Å²) in [4.78, 5) is 0. The Morgan fingerprint density at radius 1 is 0.538 bits per heavy atom. The standard InChI is InChI=1S/C12H19Cl.C12H20O/c2*1-2-3-4-5-6-7-8-9-10-11-12-13/h3-6,9-10H,2,7-8,11-12H2,1H3;3-6,9-10,13H,2,7-8,11-12H2,1H3/b2*4-3+,6-5-,10-9-. The van der Waals surface area contributed by atoms with Crippen molar-refractivity contribution in [2.75, 3.05) is 12.5 Å². The fourth-order valence-electron chi connectivity index (χ4n) is 1.77. The van der Waals surface area contributed by atoms with Crippen molar-refractivity contribution < 1.29 is 5.11 Å². The molecule has 26 heavy (non-hydrogen) atoms. The van der Waals surface area contributed by atoms with E-state index in [0.717, 1.165) is 57.2 Å². The van der Waals surface area contributed by atoms with Crippen LogP contribution in [0.25, 0.3) is 0 Å². The Bertz CT molecular complexity index is 374. The van der Waals surface area contributed by atoms with Crippen LogP contribution in [-0.4, -0.2) is 17.6 Å². The molecule has 0 spiro atoms. The summed E-state index contributed by atoms with van der Waals surface area (Å²) in [6.07, 6.45) is 33.8. The van der Waals surface area contributed by atoms with Gasteiger partial charge in [0.15, 0.2) is 0 Å². The minimum Gasteiger partial charge on any atom is -0.396 e. The minimum absolute atomic E-state index is 0.256. The molecule has 0 heterocycles. The van der Waals surface area contributed by atoms with Crippen molar-refractivity contribution in [2.24, 2.45) is 0 Å². The van der Waals surface area contributed by atoms with Gasteiger partial charge in [0.1, 0.15) is 0 Å². The first-order valence-electron chi connectivity index (χ1n) is 9.93. The molecule has 0 rings (SSSR count). The van der Waals surface area contributed by atoms with Gasteiger partial charge in [-0.25, -0.2) is 0 Å². The number of allylic oxidation sites excluding steroid dienone is 11. The Kier molecular flexibility index (Phi) is 29.5. The highest BCUT2D eigenvalue weighted by atomic mass is 35.5. The van der Waals surface area contributed by atoms with Crippen LogP contribution in [0.4, 0.5) is 0 Å². The molecule has 0 bridgehead atoms. The van der Waals surface area contributed by atoms with Crippen LogP contribution in [0.5, 0.6) is 0 Å². The molecule has 0 aromatic heterocycles. The van der Waals surface area contributed by atoms with Crippen molar-refractivity contribution >= 4 is 11.6 Å². The lowest BCUT2D eigenvalue weighted by atomic mass is 10.2. The van der Waals surface area contributed by atoms with E-state index in [1.807, 2.05) is 6.08 Å². The molecular weight excluding hydrogens is 340 g/mol. The summed E-state index contributed by atoms with van der Waals surface area (Å²) in [5, 5.41) is 8.49. The largest absolute Gasteiger partial charge is 0.396 e. The van der Waals surface area contributed by atoms with Crippen LogP contribution in [0.15, 0.2) is 72.9 Å². The molecule has 0 aliphatic heterocycles. The van der Waals surface area contributed by atoms with Crippen LogP contribution in [0.3, 0.4) is 0 Å². The molecule has 0 unspecified atom stereocenters. The Labute approximate surface area is 167 Å². The molecule has 0 saturated carbocycles. The van der Waals surface area contributed by atoms with Crippen LogP contribution in [0.1, 0.15) is 65.2 Å². The zero-order chi connectivity index (χ0) is 19.6. The van der Waals surface area contributed by atoms with Crippen molar-refractivity contribution in [1.82, 2.24) is 0 Å². The Balaban J connectivity index is 0. The van der Waals surface area contributed by atoms with Gasteiger partial charge in [0.2, 0.25) is 0 Å². The van der Waals surface area contributed by atoms with Gasteiger partial charge in [-0.15, -0.1) is 11.6 Å². The van der Waals surface area contributed by atoms with Gasteiger partial charge < -0.3 is 5.11 Å². The highest BCUT2D eigenvalue weighted by Crippen LogP contribution is 1.96. The molecule has 1 N–H and O–H groups in total. The number of rotatable bonds is 14. The van der Waals surface area contributed by atoms with E-state index in [0.29, 0.717) is 0 Å². The summed E-state index contributed by atoms with van der Waals surface area (Å²) >= 11 is 5.52. The molecule has 0 aliphatic carbocycles. The predicted octanol–water partition coefficient (Wildman–Crippen LogP) is 7.70. The number of alkyl halides is 1. The van der Waals surface area contributed by atoms with Gasteiger partial charge in [0.05, 0.1) is 0 Å². The van der Waals surface area contributed by atoms with Gasteiger partial charge >= 0.3 is 0 Å². The van der Waals surface area contributed by atoms with Crippen molar-refractivity contribution in [3.63, 3.8) is 0 Å². The number of aliphatic hydroxyl groups excluding tert-OH is 1. The van der Waals surface area contributed by atoms with Crippen LogP contribution in [0, 0.1) is 0 Å². The molecule has 1 nitrogen and oxygen atoms in total. The second kappa shape index (κ2) is 28.5. The van der Waals surface area contributed by atoms with Crippen LogP contribution in [-0.2, 0) is 0 Å². The maximum Gasteiger partial charge on any atom is 0.0465 e. The average molecular weight is 379 g/mol. The van der Waals surface area contributed by atoms with E-state index in [9.17, 15) is 0 Å². The fourth-order valence-corrected chi connectivity index (χ4v) is 1.90. The second-order valence-corrected chi connectivity index (χ2v) is 5.99. The lowest BCUT2D eigenvalue weighted by Crippen LogP contribution is -1.75. The first-order valence-corrected chi connectivity index (χ1v) is 10.5. The van der Waals surface area contributed by atoms with Crippen LogP contribution < -0.4 is 0 Å². The van der Waals surface area contributed by atoms with Gasteiger partial charge in [0, 0.05) is 12.5 Å². The number of unbranched alkanes of at least 4 members (excludes halogenated alkanes) is 2. The Morgan fingerprint density at radius 2 is 0.923 bits per heavy atom. The maximum atomic E-state index is 8.49. The van der Waals surface area contributed by atoms with E-state index in [1.54, 1.807) is 0 Å². The first kappa shape index (κ1) is 26.9. The van der Waals surface area contributed by atoms with E-state index < -0.39 is 0 Å². The van der Waals surface area contributed by atoms with Gasteiger partial charge in [-0.3, -0.25) is 0 Å². The number of hydrogen-bond acceptors (Lipinski definition) is 1. The van der Waals surface area contributed by atoms with E-state index in [1.165, 1.54) is 0 Å². The van der Waals surface area contributed by atoms with Gasteiger partial charge in [0.25, 0.3) is 0 Å². The van der Waals surface area contributed by atoms with Gasteiger partial charge in [-0.1, -0.05) is 86.8 Å². The summed E-state index contributed by atoms with van der Waals surface area (Å²) in [6.45, 7) is 4.52. The van der Waals surface area contributed by atoms with E-state index in [4.69, 9.17) is 16.7 Å². The quantitative estimate of drug-likeness (QED) is 0.142. The highest BCUT2D eigenvalue weighted by molar-refractivity contribution is 6.17. The third kappa shape index (κ3) is 30.6. The van der Waals surface area contributed by atoms with Crippen molar-refractivity contribution in [3.05, 3.63) is 72.9 Å². The zero-order valence-electron chi connectivity index (χ0n) is 16.8. The molecule has 0 saturated heterocycles. The monoisotopic (exact) mass is 378 g/mol. The summed E-state index contributed by atoms with van der Waals surface area (Å²) in [5.41, 5.74) is 0. The lowest BCUT2D eigenvalue weighted by Gasteiger charge is -1.86. The number of hydrogen-bond donors (Lipinski definition) is 1. The molecule has 0 aliphatic rings. The minimum atomic E-state index is 0.256. The van der Waals surface area contributed by atoms with E-state index in [2.05, 4.69) is 80.7 Å².